The maximum absolute atomic E-state index is 13.1. The summed E-state index contributed by atoms with van der Waals surface area (Å²) in [4.78, 5) is 25.0. The monoisotopic (exact) mass is 262 g/mol. The molecule has 0 aliphatic carbocycles. The summed E-state index contributed by atoms with van der Waals surface area (Å²) in [6.07, 6.45) is -0.0327. The first-order valence-corrected chi connectivity index (χ1v) is 5.33. The van der Waals surface area contributed by atoms with Crippen molar-refractivity contribution in [2.45, 2.75) is 12.6 Å². The van der Waals surface area contributed by atoms with E-state index in [2.05, 4.69) is 4.98 Å². The van der Waals surface area contributed by atoms with Gasteiger partial charge in [0.2, 0.25) is 5.82 Å². The van der Waals surface area contributed by atoms with Crippen LogP contribution in [-0.2, 0) is 9.47 Å². The minimum Gasteiger partial charge on any atom is -0.394 e. The molecule has 0 saturated heterocycles. The number of aliphatic hydroxyl groups is 1. The molecule has 102 valence electrons. The van der Waals surface area contributed by atoms with E-state index >= 15 is 0 Å². The molecular weight excluding hydrogens is 247 g/mol. The Labute approximate surface area is 102 Å². The molecule has 0 radical (unpaired) electrons. The fourth-order valence-corrected chi connectivity index (χ4v) is 1.43. The van der Waals surface area contributed by atoms with Gasteiger partial charge in [0, 0.05) is 19.7 Å². The molecule has 0 aromatic carbocycles. The number of nitrogens with zero attached hydrogens (tertiary/aromatic N) is 1. The Hall–Kier alpha value is -1.51. The largest absolute Gasteiger partial charge is 0.394 e. The first-order chi connectivity index (χ1) is 8.61. The number of hydrogen-bond donors (Lipinski definition) is 2. The van der Waals surface area contributed by atoms with Crippen molar-refractivity contribution in [3.63, 3.8) is 0 Å². The van der Waals surface area contributed by atoms with Crippen molar-refractivity contribution in [2.24, 2.45) is 0 Å². The highest BCUT2D eigenvalue weighted by atomic mass is 19.1. The topological polar surface area (TPSA) is 93.5 Å². The molecule has 2 N–H and O–H groups in total. The van der Waals surface area contributed by atoms with Crippen LogP contribution < -0.4 is 11.2 Å². The summed E-state index contributed by atoms with van der Waals surface area (Å²) in [5.41, 5.74) is -1.80. The predicted octanol–water partition coefficient (Wildman–Crippen LogP) is -0.780. The van der Waals surface area contributed by atoms with E-state index in [0.29, 0.717) is 10.8 Å². The van der Waals surface area contributed by atoms with Crippen LogP contribution in [0.15, 0.2) is 15.8 Å². The van der Waals surface area contributed by atoms with Crippen LogP contribution in [0.1, 0.15) is 12.6 Å². The van der Waals surface area contributed by atoms with Gasteiger partial charge in [-0.25, -0.2) is 9.36 Å². The molecule has 0 saturated carbocycles. The van der Waals surface area contributed by atoms with E-state index in [-0.39, 0.29) is 26.2 Å². The third-order valence-electron chi connectivity index (χ3n) is 2.27. The van der Waals surface area contributed by atoms with Crippen molar-refractivity contribution in [1.82, 2.24) is 9.55 Å². The SMILES string of the molecule is COC(CCOCCO)n1c(=O)[nH]cc(F)c1=O. The fourth-order valence-electron chi connectivity index (χ4n) is 1.43. The summed E-state index contributed by atoms with van der Waals surface area (Å²) in [5.74, 6) is -1.06. The number of methoxy groups -OCH3 is 1. The number of H-pyrrole nitrogens is 1. The first kappa shape index (κ1) is 14.6. The van der Waals surface area contributed by atoms with E-state index in [1.807, 2.05) is 0 Å². The van der Waals surface area contributed by atoms with E-state index in [1.165, 1.54) is 7.11 Å². The van der Waals surface area contributed by atoms with Gasteiger partial charge in [0.15, 0.2) is 0 Å². The molecule has 1 unspecified atom stereocenters. The summed E-state index contributed by atoms with van der Waals surface area (Å²) in [6.45, 7) is 0.185. The summed E-state index contributed by atoms with van der Waals surface area (Å²) in [7, 11) is 1.30. The lowest BCUT2D eigenvalue weighted by atomic mass is 10.4. The van der Waals surface area contributed by atoms with Gasteiger partial charge in [-0.1, -0.05) is 0 Å². The number of ether oxygens (including phenoxy) is 2. The molecule has 7 nitrogen and oxygen atoms in total. The summed E-state index contributed by atoms with van der Waals surface area (Å²) >= 11 is 0. The molecule has 1 aromatic heterocycles. The van der Waals surface area contributed by atoms with Crippen molar-refractivity contribution in [3.05, 3.63) is 32.9 Å². The summed E-state index contributed by atoms with van der Waals surface area (Å²) < 4.78 is 23.7. The van der Waals surface area contributed by atoms with E-state index in [9.17, 15) is 14.0 Å². The van der Waals surface area contributed by atoms with Gasteiger partial charge in [-0.05, 0) is 0 Å². The Morgan fingerprint density at radius 3 is 2.83 bits per heavy atom. The second-order valence-corrected chi connectivity index (χ2v) is 3.43. The highest BCUT2D eigenvalue weighted by molar-refractivity contribution is 4.88. The third-order valence-corrected chi connectivity index (χ3v) is 2.27. The van der Waals surface area contributed by atoms with Gasteiger partial charge in [-0.3, -0.25) is 4.79 Å². The zero-order valence-electron chi connectivity index (χ0n) is 9.89. The van der Waals surface area contributed by atoms with Gasteiger partial charge in [-0.2, -0.15) is 4.39 Å². The number of rotatable bonds is 7. The van der Waals surface area contributed by atoms with Crippen LogP contribution in [-0.4, -0.2) is 41.6 Å². The third kappa shape index (κ3) is 3.49. The molecule has 0 spiro atoms. The van der Waals surface area contributed by atoms with Gasteiger partial charge in [0.1, 0.15) is 6.23 Å². The van der Waals surface area contributed by atoms with E-state index < -0.39 is 23.3 Å². The number of aliphatic hydroxyl groups excluding tert-OH is 1. The molecule has 1 heterocycles. The van der Waals surface area contributed by atoms with Crippen LogP contribution in [0.25, 0.3) is 0 Å². The summed E-state index contributed by atoms with van der Waals surface area (Å²) in [6, 6.07) is 0. The van der Waals surface area contributed by atoms with Crippen molar-refractivity contribution >= 4 is 0 Å². The second kappa shape index (κ2) is 7.04. The Morgan fingerprint density at radius 2 is 2.22 bits per heavy atom. The number of aromatic amines is 1. The average molecular weight is 262 g/mol. The lowest BCUT2D eigenvalue weighted by molar-refractivity contribution is -0.00227. The fraction of sp³-hybridized carbons (Fsp3) is 0.600. The summed E-state index contributed by atoms with van der Waals surface area (Å²) in [5, 5.41) is 8.51. The highest BCUT2D eigenvalue weighted by Gasteiger charge is 2.16. The van der Waals surface area contributed by atoms with E-state index in [1.54, 1.807) is 0 Å². The minimum atomic E-state index is -1.06. The molecule has 1 rings (SSSR count). The first-order valence-electron chi connectivity index (χ1n) is 5.33. The van der Waals surface area contributed by atoms with Crippen LogP contribution in [0.4, 0.5) is 4.39 Å². The molecule has 0 bridgehead atoms. The maximum Gasteiger partial charge on any atom is 0.330 e. The number of hydrogen-bond acceptors (Lipinski definition) is 5. The standard InChI is InChI=1S/C10H15FN2O5/c1-17-8(2-4-18-5-3-14)13-9(15)7(11)6-12-10(13)16/h6,8,14H,2-5H2,1H3,(H,12,16). The van der Waals surface area contributed by atoms with Crippen molar-refractivity contribution < 1.29 is 19.0 Å². The molecule has 0 fully saturated rings. The van der Waals surface area contributed by atoms with Crippen LogP contribution in [0.3, 0.4) is 0 Å². The predicted molar refractivity (Wildman–Crippen MR) is 59.8 cm³/mol. The lowest BCUT2D eigenvalue weighted by Gasteiger charge is -2.16. The molecule has 18 heavy (non-hydrogen) atoms. The van der Waals surface area contributed by atoms with E-state index in [4.69, 9.17) is 14.6 Å². The maximum atomic E-state index is 13.1. The van der Waals surface area contributed by atoms with Gasteiger partial charge in [0.25, 0.3) is 5.56 Å². The Kier molecular flexibility index (Phi) is 5.69. The van der Waals surface area contributed by atoms with Crippen LogP contribution in [0.2, 0.25) is 0 Å². The number of halogens is 1. The number of aromatic nitrogens is 2. The van der Waals surface area contributed by atoms with E-state index in [0.717, 1.165) is 0 Å². The molecule has 0 aliphatic rings. The van der Waals surface area contributed by atoms with Crippen molar-refractivity contribution in [3.8, 4) is 0 Å². The normalized spacial score (nSPS) is 12.6. The molecule has 1 atom stereocenters. The quantitative estimate of drug-likeness (QED) is 0.629. The van der Waals surface area contributed by atoms with Gasteiger partial charge in [0.05, 0.1) is 19.8 Å². The second-order valence-electron chi connectivity index (χ2n) is 3.43. The highest BCUT2D eigenvalue weighted by Crippen LogP contribution is 2.07. The Morgan fingerprint density at radius 1 is 1.50 bits per heavy atom. The molecule has 1 aromatic rings. The number of nitrogens with one attached hydrogen (secondary N) is 1. The average Bonchev–Trinajstić information content (AvgIpc) is 2.37. The van der Waals surface area contributed by atoms with Crippen molar-refractivity contribution in [2.75, 3.05) is 26.9 Å². The molecule has 0 aliphatic heterocycles. The molecule has 0 amide bonds. The lowest BCUT2D eigenvalue weighted by Crippen LogP contribution is -2.40. The van der Waals surface area contributed by atoms with Gasteiger partial charge >= 0.3 is 5.69 Å². The van der Waals surface area contributed by atoms with Gasteiger partial charge < -0.3 is 19.6 Å². The van der Waals surface area contributed by atoms with Crippen molar-refractivity contribution in [1.29, 1.82) is 0 Å². The Balaban J connectivity index is 2.85. The molecule has 8 heteroatoms. The van der Waals surface area contributed by atoms with Crippen LogP contribution in [0, 0.1) is 5.82 Å². The smallest absolute Gasteiger partial charge is 0.330 e. The van der Waals surface area contributed by atoms with Crippen LogP contribution >= 0.6 is 0 Å². The van der Waals surface area contributed by atoms with Gasteiger partial charge in [-0.15, -0.1) is 0 Å². The Bertz CT molecular complexity index is 484. The molecular formula is C10H15FN2O5. The zero-order valence-corrected chi connectivity index (χ0v) is 9.89. The zero-order chi connectivity index (χ0) is 13.5. The minimum absolute atomic E-state index is 0.127. The van der Waals surface area contributed by atoms with Crippen LogP contribution in [0.5, 0.6) is 0 Å².